The minimum atomic E-state index is -0.120. The first kappa shape index (κ1) is 13.4. The molecule has 0 bridgehead atoms. The minimum Gasteiger partial charge on any atom is -0.373 e. The second-order valence-corrected chi connectivity index (χ2v) is 6.05. The molecule has 2 atom stereocenters. The Morgan fingerprint density at radius 3 is 2.90 bits per heavy atom. The number of amides is 1. The van der Waals surface area contributed by atoms with Crippen molar-refractivity contribution in [1.82, 2.24) is 10.2 Å². The van der Waals surface area contributed by atoms with Crippen molar-refractivity contribution in [3.63, 3.8) is 0 Å². The Morgan fingerprint density at radius 1 is 1.45 bits per heavy atom. The number of fused-ring (bicyclic) bond motifs is 1. The fourth-order valence-electron chi connectivity index (χ4n) is 2.81. The minimum absolute atomic E-state index is 0.109. The molecule has 0 saturated heterocycles. The summed E-state index contributed by atoms with van der Waals surface area (Å²) in [7, 11) is 2.15. The highest BCUT2D eigenvalue weighted by Crippen LogP contribution is 2.27. The number of hydrogen-bond acceptors (Lipinski definition) is 3. The van der Waals surface area contributed by atoms with E-state index in [0.29, 0.717) is 6.04 Å². The monoisotopic (exact) mass is 273 g/mol. The van der Waals surface area contributed by atoms with Crippen LogP contribution in [0.15, 0.2) is 24.3 Å². The molecule has 0 spiro atoms. The SMILES string of the molecule is CC(CNC(=O)[C@@H]1Cc2ccccc2N1)N(C)C1CC1. The summed E-state index contributed by atoms with van der Waals surface area (Å²) in [6.07, 6.45) is 3.39. The lowest BCUT2D eigenvalue weighted by Crippen LogP contribution is -2.45. The number of nitrogens with one attached hydrogen (secondary N) is 2. The van der Waals surface area contributed by atoms with Gasteiger partial charge in [0.05, 0.1) is 0 Å². The largest absolute Gasteiger partial charge is 0.373 e. The quantitative estimate of drug-likeness (QED) is 0.857. The molecular formula is C16H23N3O. The molecule has 1 aliphatic carbocycles. The van der Waals surface area contributed by atoms with Crippen LogP contribution in [0, 0.1) is 0 Å². The maximum atomic E-state index is 12.2. The lowest BCUT2D eigenvalue weighted by Gasteiger charge is -2.25. The standard InChI is InChI=1S/C16H23N3O/c1-11(19(2)13-7-8-13)10-17-16(20)15-9-12-5-3-4-6-14(12)18-15/h3-6,11,13,15,18H,7-10H2,1-2H3,(H,17,20)/t11?,15-/m0/s1. The van der Waals surface area contributed by atoms with E-state index in [2.05, 4.69) is 35.6 Å². The highest BCUT2D eigenvalue weighted by Gasteiger charge is 2.30. The van der Waals surface area contributed by atoms with Gasteiger partial charge in [-0.15, -0.1) is 0 Å². The van der Waals surface area contributed by atoms with E-state index < -0.39 is 0 Å². The van der Waals surface area contributed by atoms with Crippen molar-refractivity contribution >= 4 is 11.6 Å². The molecule has 1 aromatic carbocycles. The summed E-state index contributed by atoms with van der Waals surface area (Å²) in [4.78, 5) is 14.6. The molecular weight excluding hydrogens is 250 g/mol. The Hall–Kier alpha value is -1.55. The number of nitrogens with zero attached hydrogens (tertiary/aromatic N) is 1. The van der Waals surface area contributed by atoms with Crippen LogP contribution in [0.2, 0.25) is 0 Å². The van der Waals surface area contributed by atoms with Crippen LogP contribution in [0.25, 0.3) is 0 Å². The van der Waals surface area contributed by atoms with Crippen molar-refractivity contribution in [3.05, 3.63) is 29.8 Å². The van der Waals surface area contributed by atoms with Crippen LogP contribution < -0.4 is 10.6 Å². The van der Waals surface area contributed by atoms with Crippen molar-refractivity contribution in [1.29, 1.82) is 0 Å². The van der Waals surface area contributed by atoms with Crippen molar-refractivity contribution in [2.75, 3.05) is 18.9 Å². The molecule has 4 heteroatoms. The van der Waals surface area contributed by atoms with Crippen molar-refractivity contribution in [3.8, 4) is 0 Å². The topological polar surface area (TPSA) is 44.4 Å². The van der Waals surface area contributed by atoms with Gasteiger partial charge in [-0.2, -0.15) is 0 Å². The van der Waals surface area contributed by atoms with Crippen LogP contribution >= 0.6 is 0 Å². The molecule has 1 unspecified atom stereocenters. The molecule has 108 valence electrons. The smallest absolute Gasteiger partial charge is 0.242 e. The highest BCUT2D eigenvalue weighted by molar-refractivity contribution is 5.87. The Kier molecular flexibility index (Phi) is 3.66. The highest BCUT2D eigenvalue weighted by atomic mass is 16.2. The van der Waals surface area contributed by atoms with Crippen molar-refractivity contribution in [2.45, 2.75) is 44.3 Å². The number of rotatable bonds is 5. The Balaban J connectivity index is 1.48. The van der Waals surface area contributed by atoms with E-state index in [1.54, 1.807) is 0 Å². The van der Waals surface area contributed by atoms with Crippen LogP contribution in [0.5, 0.6) is 0 Å². The molecule has 1 amide bonds. The summed E-state index contributed by atoms with van der Waals surface area (Å²) in [5.74, 6) is 0.109. The van der Waals surface area contributed by atoms with Crippen LogP contribution in [0.1, 0.15) is 25.3 Å². The summed E-state index contributed by atoms with van der Waals surface area (Å²) < 4.78 is 0. The summed E-state index contributed by atoms with van der Waals surface area (Å²) in [6, 6.07) is 9.15. The van der Waals surface area contributed by atoms with Gasteiger partial charge in [-0.3, -0.25) is 9.69 Å². The van der Waals surface area contributed by atoms with Gasteiger partial charge in [-0.05, 0) is 38.4 Å². The molecule has 0 radical (unpaired) electrons. The third kappa shape index (κ3) is 2.80. The normalized spacial score (nSPS) is 22.2. The predicted octanol–water partition coefficient (Wildman–Crippen LogP) is 1.62. The van der Waals surface area contributed by atoms with Gasteiger partial charge in [-0.25, -0.2) is 0 Å². The number of para-hydroxylation sites is 1. The number of carbonyl (C=O) groups is 1. The first-order valence-electron chi connectivity index (χ1n) is 7.49. The number of hydrogen-bond donors (Lipinski definition) is 2. The molecule has 1 fully saturated rings. The van der Waals surface area contributed by atoms with Crippen LogP contribution in [-0.2, 0) is 11.2 Å². The molecule has 1 aliphatic heterocycles. The summed E-state index contributed by atoms with van der Waals surface area (Å²) in [5.41, 5.74) is 2.33. The second-order valence-electron chi connectivity index (χ2n) is 6.05. The Morgan fingerprint density at radius 2 is 2.20 bits per heavy atom. The zero-order valence-corrected chi connectivity index (χ0v) is 12.2. The van der Waals surface area contributed by atoms with Crippen molar-refractivity contribution < 1.29 is 4.79 Å². The number of carbonyl (C=O) groups excluding carboxylic acids is 1. The molecule has 1 saturated carbocycles. The molecule has 1 heterocycles. The second kappa shape index (κ2) is 5.44. The number of likely N-dealkylation sites (N-methyl/N-ethyl adjacent to an activating group) is 1. The molecule has 2 aliphatic rings. The maximum absolute atomic E-state index is 12.2. The van der Waals surface area contributed by atoms with Gasteiger partial charge in [0.25, 0.3) is 0 Å². The molecule has 20 heavy (non-hydrogen) atoms. The molecule has 4 nitrogen and oxygen atoms in total. The first-order valence-corrected chi connectivity index (χ1v) is 7.49. The third-order valence-corrected chi connectivity index (χ3v) is 4.48. The van der Waals surface area contributed by atoms with Crippen LogP contribution in [0.3, 0.4) is 0 Å². The van der Waals surface area contributed by atoms with Crippen molar-refractivity contribution in [2.24, 2.45) is 0 Å². The average molecular weight is 273 g/mol. The number of anilines is 1. The zero-order chi connectivity index (χ0) is 14.1. The molecule has 2 N–H and O–H groups in total. The summed E-state index contributed by atoms with van der Waals surface area (Å²) >= 11 is 0. The predicted molar refractivity (Wildman–Crippen MR) is 80.8 cm³/mol. The fraction of sp³-hybridized carbons (Fsp3) is 0.562. The van der Waals surface area contributed by atoms with Gasteiger partial charge in [0.15, 0.2) is 0 Å². The third-order valence-electron chi connectivity index (χ3n) is 4.48. The van der Waals surface area contributed by atoms with Gasteiger partial charge < -0.3 is 10.6 Å². The van der Waals surface area contributed by atoms with Crippen LogP contribution in [-0.4, -0.2) is 42.5 Å². The van der Waals surface area contributed by atoms with E-state index in [0.717, 1.165) is 24.7 Å². The Labute approximate surface area is 120 Å². The van der Waals surface area contributed by atoms with Gasteiger partial charge in [0.2, 0.25) is 5.91 Å². The molecule has 3 rings (SSSR count). The van der Waals surface area contributed by atoms with E-state index in [1.807, 2.05) is 18.2 Å². The van der Waals surface area contributed by atoms with E-state index in [1.165, 1.54) is 18.4 Å². The van der Waals surface area contributed by atoms with Gasteiger partial charge in [0.1, 0.15) is 6.04 Å². The van der Waals surface area contributed by atoms with Gasteiger partial charge in [-0.1, -0.05) is 18.2 Å². The Bertz CT molecular complexity index is 473. The lowest BCUT2D eigenvalue weighted by atomic mass is 10.1. The van der Waals surface area contributed by atoms with E-state index >= 15 is 0 Å². The summed E-state index contributed by atoms with van der Waals surface area (Å²) in [5, 5.41) is 6.38. The maximum Gasteiger partial charge on any atom is 0.242 e. The van der Waals surface area contributed by atoms with Gasteiger partial charge >= 0.3 is 0 Å². The lowest BCUT2D eigenvalue weighted by molar-refractivity contribution is -0.121. The van der Waals surface area contributed by atoms with Crippen LogP contribution in [0.4, 0.5) is 5.69 Å². The zero-order valence-electron chi connectivity index (χ0n) is 12.2. The van der Waals surface area contributed by atoms with E-state index in [9.17, 15) is 4.79 Å². The first-order chi connectivity index (χ1) is 9.65. The van der Waals surface area contributed by atoms with E-state index in [4.69, 9.17) is 0 Å². The molecule has 0 aromatic heterocycles. The van der Waals surface area contributed by atoms with E-state index in [-0.39, 0.29) is 11.9 Å². The molecule has 1 aromatic rings. The van der Waals surface area contributed by atoms with Gasteiger partial charge in [0, 0.05) is 30.7 Å². The summed E-state index contributed by atoms with van der Waals surface area (Å²) in [6.45, 7) is 2.90. The number of benzene rings is 1. The average Bonchev–Trinajstić information content (AvgIpc) is 3.21. The fourth-order valence-corrected chi connectivity index (χ4v) is 2.81.